The van der Waals surface area contributed by atoms with Gasteiger partial charge in [0.1, 0.15) is 6.33 Å². The lowest BCUT2D eigenvalue weighted by molar-refractivity contribution is 0.0697. The normalized spacial score (nSPS) is 16.0. The van der Waals surface area contributed by atoms with E-state index in [2.05, 4.69) is 20.2 Å². The molecule has 0 saturated carbocycles. The predicted molar refractivity (Wildman–Crippen MR) is 91.0 cm³/mol. The maximum absolute atomic E-state index is 12.6. The molecule has 2 aromatic heterocycles. The van der Waals surface area contributed by atoms with Crippen LogP contribution in [0.3, 0.4) is 0 Å². The third-order valence-corrected chi connectivity index (χ3v) is 5.57. The maximum Gasteiger partial charge on any atom is 0.278 e. The van der Waals surface area contributed by atoms with Crippen molar-refractivity contribution in [1.82, 2.24) is 29.4 Å². The van der Waals surface area contributed by atoms with Gasteiger partial charge in [-0.2, -0.15) is 9.40 Å². The SMILES string of the molecule is CC(C)Oc1ccc(C(=O)N2CCN(S(=O)(=O)c3ncn[nH]3)CC2)cn1. The van der Waals surface area contributed by atoms with E-state index in [0.717, 1.165) is 6.33 Å². The number of hydrogen-bond donors (Lipinski definition) is 1. The third-order valence-electron chi connectivity index (χ3n) is 3.84. The molecule has 0 radical (unpaired) electrons. The first kappa shape index (κ1) is 18.3. The first-order valence-electron chi connectivity index (χ1n) is 8.15. The second-order valence-corrected chi connectivity index (χ2v) is 7.89. The zero-order chi connectivity index (χ0) is 18.7. The molecule has 3 rings (SSSR count). The van der Waals surface area contributed by atoms with Crippen LogP contribution >= 0.6 is 0 Å². The number of amides is 1. The Bertz CT molecular complexity index is 843. The number of carbonyl (C=O) groups is 1. The molecule has 140 valence electrons. The van der Waals surface area contributed by atoms with Crippen LogP contribution in [0.4, 0.5) is 0 Å². The molecule has 0 unspecified atom stereocenters. The van der Waals surface area contributed by atoms with E-state index in [1.54, 1.807) is 17.0 Å². The fourth-order valence-corrected chi connectivity index (χ4v) is 3.81. The summed E-state index contributed by atoms with van der Waals surface area (Å²) in [7, 11) is -3.71. The van der Waals surface area contributed by atoms with E-state index in [-0.39, 0.29) is 43.3 Å². The molecule has 1 aliphatic rings. The van der Waals surface area contributed by atoms with E-state index >= 15 is 0 Å². The van der Waals surface area contributed by atoms with Crippen LogP contribution in [-0.4, -0.2) is 76.0 Å². The van der Waals surface area contributed by atoms with Gasteiger partial charge in [0, 0.05) is 38.4 Å². The zero-order valence-corrected chi connectivity index (χ0v) is 15.3. The van der Waals surface area contributed by atoms with Crippen molar-refractivity contribution in [3.63, 3.8) is 0 Å². The van der Waals surface area contributed by atoms with Crippen molar-refractivity contribution in [1.29, 1.82) is 0 Å². The molecule has 1 aliphatic heterocycles. The third kappa shape index (κ3) is 3.83. The smallest absolute Gasteiger partial charge is 0.278 e. The lowest BCUT2D eigenvalue weighted by atomic mass is 10.2. The van der Waals surface area contributed by atoms with Gasteiger partial charge in [0.15, 0.2) is 0 Å². The minimum atomic E-state index is -3.71. The van der Waals surface area contributed by atoms with Crippen molar-refractivity contribution in [3.8, 4) is 5.88 Å². The summed E-state index contributed by atoms with van der Waals surface area (Å²) < 4.78 is 31.5. The summed E-state index contributed by atoms with van der Waals surface area (Å²) in [4.78, 5) is 22.0. The number of pyridine rings is 1. The zero-order valence-electron chi connectivity index (χ0n) is 14.5. The van der Waals surface area contributed by atoms with E-state index in [4.69, 9.17) is 4.74 Å². The number of carbonyl (C=O) groups excluding carboxylic acids is 1. The monoisotopic (exact) mass is 380 g/mol. The molecule has 0 atom stereocenters. The second kappa shape index (κ2) is 7.38. The summed E-state index contributed by atoms with van der Waals surface area (Å²) in [6.45, 7) is 4.75. The van der Waals surface area contributed by atoms with Gasteiger partial charge in [0.2, 0.25) is 5.88 Å². The molecular formula is C15H20N6O4S. The Morgan fingerprint density at radius 3 is 2.46 bits per heavy atom. The van der Waals surface area contributed by atoms with Crippen LogP contribution in [0.25, 0.3) is 0 Å². The van der Waals surface area contributed by atoms with Crippen molar-refractivity contribution < 1.29 is 17.9 Å². The minimum Gasteiger partial charge on any atom is -0.475 e. The lowest BCUT2D eigenvalue weighted by Crippen LogP contribution is -2.50. The van der Waals surface area contributed by atoms with Gasteiger partial charge in [-0.3, -0.25) is 4.79 Å². The Morgan fingerprint density at radius 1 is 1.19 bits per heavy atom. The Morgan fingerprint density at radius 2 is 1.92 bits per heavy atom. The highest BCUT2D eigenvalue weighted by Gasteiger charge is 2.32. The molecule has 2 aromatic rings. The van der Waals surface area contributed by atoms with E-state index in [0.29, 0.717) is 11.4 Å². The fourth-order valence-electron chi connectivity index (χ4n) is 2.57. The van der Waals surface area contributed by atoms with Gasteiger partial charge >= 0.3 is 0 Å². The average molecular weight is 380 g/mol. The van der Waals surface area contributed by atoms with Gasteiger partial charge in [-0.1, -0.05) is 0 Å². The summed E-state index contributed by atoms with van der Waals surface area (Å²) in [5.41, 5.74) is 0.438. The molecule has 0 aliphatic carbocycles. The summed E-state index contributed by atoms with van der Waals surface area (Å²) in [6.07, 6.45) is 2.62. The van der Waals surface area contributed by atoms with E-state index in [1.165, 1.54) is 10.5 Å². The number of aromatic nitrogens is 4. The van der Waals surface area contributed by atoms with Gasteiger partial charge in [0.05, 0.1) is 11.7 Å². The molecule has 1 N–H and O–H groups in total. The van der Waals surface area contributed by atoms with E-state index in [1.807, 2.05) is 13.8 Å². The lowest BCUT2D eigenvalue weighted by Gasteiger charge is -2.33. The number of piperazine rings is 1. The molecule has 10 nitrogen and oxygen atoms in total. The van der Waals surface area contributed by atoms with Crippen molar-refractivity contribution >= 4 is 15.9 Å². The number of sulfonamides is 1. The van der Waals surface area contributed by atoms with Gasteiger partial charge in [0.25, 0.3) is 21.1 Å². The van der Waals surface area contributed by atoms with Crippen molar-refractivity contribution in [2.45, 2.75) is 25.1 Å². The van der Waals surface area contributed by atoms with Gasteiger partial charge in [-0.15, -0.1) is 0 Å². The highest BCUT2D eigenvalue weighted by Crippen LogP contribution is 2.16. The number of ether oxygens (including phenoxy) is 1. The molecule has 1 fully saturated rings. The second-order valence-electron chi connectivity index (χ2n) is 6.04. The van der Waals surface area contributed by atoms with Gasteiger partial charge < -0.3 is 9.64 Å². The van der Waals surface area contributed by atoms with Crippen LogP contribution in [0.1, 0.15) is 24.2 Å². The van der Waals surface area contributed by atoms with Crippen LogP contribution in [-0.2, 0) is 10.0 Å². The van der Waals surface area contributed by atoms with Gasteiger partial charge in [-0.05, 0) is 19.9 Å². The Balaban J connectivity index is 1.62. The average Bonchev–Trinajstić information content (AvgIpc) is 3.17. The Hall–Kier alpha value is -2.53. The van der Waals surface area contributed by atoms with Crippen LogP contribution in [0, 0.1) is 0 Å². The van der Waals surface area contributed by atoms with Crippen LogP contribution < -0.4 is 4.74 Å². The maximum atomic E-state index is 12.6. The molecule has 26 heavy (non-hydrogen) atoms. The number of H-pyrrole nitrogens is 1. The first-order valence-corrected chi connectivity index (χ1v) is 9.59. The molecule has 1 amide bonds. The molecule has 0 aromatic carbocycles. The molecule has 11 heteroatoms. The summed E-state index contributed by atoms with van der Waals surface area (Å²) in [6, 6.07) is 3.31. The molecule has 0 spiro atoms. The summed E-state index contributed by atoms with van der Waals surface area (Å²) >= 11 is 0. The highest BCUT2D eigenvalue weighted by molar-refractivity contribution is 7.88. The largest absolute Gasteiger partial charge is 0.475 e. The number of rotatable bonds is 5. The van der Waals surface area contributed by atoms with Crippen LogP contribution in [0.2, 0.25) is 0 Å². The van der Waals surface area contributed by atoms with Crippen molar-refractivity contribution in [2.24, 2.45) is 0 Å². The summed E-state index contributed by atoms with van der Waals surface area (Å²) in [5, 5.41) is 5.74. The molecule has 1 saturated heterocycles. The van der Waals surface area contributed by atoms with E-state index < -0.39 is 10.0 Å². The van der Waals surface area contributed by atoms with Crippen LogP contribution in [0.5, 0.6) is 5.88 Å². The number of aromatic amines is 1. The fraction of sp³-hybridized carbons (Fsp3) is 0.467. The first-order chi connectivity index (χ1) is 12.4. The predicted octanol–water partition coefficient (Wildman–Crippen LogP) is 0.134. The number of nitrogens with zero attached hydrogens (tertiary/aromatic N) is 5. The van der Waals surface area contributed by atoms with E-state index in [9.17, 15) is 13.2 Å². The number of nitrogens with one attached hydrogen (secondary N) is 1. The summed E-state index contributed by atoms with van der Waals surface area (Å²) in [5.74, 6) is 0.268. The highest BCUT2D eigenvalue weighted by atomic mass is 32.2. The molecular weight excluding hydrogens is 360 g/mol. The number of hydrogen-bond acceptors (Lipinski definition) is 7. The molecule has 0 bridgehead atoms. The quantitative estimate of drug-likeness (QED) is 0.782. The van der Waals surface area contributed by atoms with Gasteiger partial charge in [-0.25, -0.2) is 23.5 Å². The standard InChI is InChI=1S/C15H20N6O4S/c1-11(2)25-13-4-3-12(9-16-13)14(22)20-5-7-21(8-6-20)26(23,24)15-17-10-18-19-15/h3-4,9-11H,5-8H2,1-2H3,(H,17,18,19). The topological polar surface area (TPSA) is 121 Å². The van der Waals surface area contributed by atoms with Crippen molar-refractivity contribution in [2.75, 3.05) is 26.2 Å². The molecule has 3 heterocycles. The van der Waals surface area contributed by atoms with Crippen LogP contribution in [0.15, 0.2) is 29.8 Å². The minimum absolute atomic E-state index is 0.00318. The van der Waals surface area contributed by atoms with Crippen molar-refractivity contribution in [3.05, 3.63) is 30.2 Å². The Labute approximate surface area is 151 Å². The Kier molecular flexibility index (Phi) is 5.18.